The maximum absolute atomic E-state index is 11.9. The van der Waals surface area contributed by atoms with E-state index in [0.29, 0.717) is 22.0 Å². The molecule has 0 saturated heterocycles. The second-order valence-electron chi connectivity index (χ2n) is 5.04. The fourth-order valence-electron chi connectivity index (χ4n) is 2.15. The fraction of sp³-hybridized carbons (Fsp3) is 0.222. The molecule has 2 aromatic rings. The van der Waals surface area contributed by atoms with Crippen LogP contribution in [-0.2, 0) is 9.53 Å². The number of benzene rings is 2. The minimum Gasteiger partial charge on any atom is -0.367 e. The van der Waals surface area contributed by atoms with Crippen molar-refractivity contribution in [3.05, 3.63) is 64.7 Å². The number of likely N-dealkylation sites (N-methyl/N-ethyl adjacent to an activating group) is 1. The van der Waals surface area contributed by atoms with Crippen molar-refractivity contribution in [1.29, 1.82) is 0 Å². The summed E-state index contributed by atoms with van der Waals surface area (Å²) in [5, 5.41) is 7.37. The summed E-state index contributed by atoms with van der Waals surface area (Å²) in [6.45, 7) is 1.83. The van der Waals surface area contributed by atoms with E-state index in [2.05, 4.69) is 10.5 Å². The molecule has 1 atom stereocenters. The molecular formula is C18H19ClN2O3. The number of hydrogen-bond donors (Lipinski definition) is 1. The summed E-state index contributed by atoms with van der Waals surface area (Å²) in [5.41, 5.74) is 2.19. The molecule has 24 heavy (non-hydrogen) atoms. The second-order valence-corrected chi connectivity index (χ2v) is 5.48. The highest BCUT2D eigenvalue weighted by Gasteiger charge is 2.22. The van der Waals surface area contributed by atoms with Crippen LogP contribution < -0.4 is 10.2 Å². The van der Waals surface area contributed by atoms with E-state index < -0.39 is 6.10 Å². The van der Waals surface area contributed by atoms with Gasteiger partial charge in [0, 0.05) is 24.7 Å². The lowest BCUT2D eigenvalue weighted by Gasteiger charge is -2.16. The van der Waals surface area contributed by atoms with Gasteiger partial charge in [-0.05, 0) is 30.7 Å². The zero-order chi connectivity index (χ0) is 17.5. The Morgan fingerprint density at radius 3 is 2.46 bits per heavy atom. The first-order valence-electron chi connectivity index (χ1n) is 7.37. The first-order valence-corrected chi connectivity index (χ1v) is 7.75. The Morgan fingerprint density at radius 1 is 1.17 bits per heavy atom. The van der Waals surface area contributed by atoms with Crippen LogP contribution in [0.5, 0.6) is 5.75 Å². The van der Waals surface area contributed by atoms with Gasteiger partial charge in [0.1, 0.15) is 0 Å². The predicted octanol–water partition coefficient (Wildman–Crippen LogP) is 3.58. The van der Waals surface area contributed by atoms with Gasteiger partial charge in [-0.3, -0.25) is 4.79 Å². The van der Waals surface area contributed by atoms with Crippen LogP contribution in [0, 0.1) is 0 Å². The van der Waals surface area contributed by atoms with Gasteiger partial charge in [-0.1, -0.05) is 47.1 Å². The Hall–Kier alpha value is -2.37. The van der Waals surface area contributed by atoms with Crippen LogP contribution in [0.15, 0.2) is 53.7 Å². The number of amides is 1. The van der Waals surface area contributed by atoms with Gasteiger partial charge in [0.15, 0.2) is 11.9 Å². The summed E-state index contributed by atoms with van der Waals surface area (Å²) in [6, 6.07) is 14.4. The highest BCUT2D eigenvalue weighted by Crippen LogP contribution is 2.27. The third-order valence-corrected chi connectivity index (χ3v) is 3.72. The maximum atomic E-state index is 11.9. The zero-order valence-corrected chi connectivity index (χ0v) is 14.5. The number of para-hydroxylation sites is 1. The van der Waals surface area contributed by atoms with Gasteiger partial charge in [-0.15, -0.1) is 0 Å². The van der Waals surface area contributed by atoms with E-state index in [4.69, 9.17) is 21.2 Å². The van der Waals surface area contributed by atoms with E-state index >= 15 is 0 Å². The molecule has 0 bridgehead atoms. The molecule has 0 aliphatic rings. The van der Waals surface area contributed by atoms with E-state index in [1.165, 1.54) is 7.11 Å². The van der Waals surface area contributed by atoms with Crippen LogP contribution in [0.3, 0.4) is 0 Å². The summed E-state index contributed by atoms with van der Waals surface area (Å²) < 4.78 is 5.28. The van der Waals surface area contributed by atoms with Crippen LogP contribution in [0.1, 0.15) is 24.2 Å². The van der Waals surface area contributed by atoms with Crippen molar-refractivity contribution in [2.75, 3.05) is 14.2 Å². The van der Waals surface area contributed by atoms with Gasteiger partial charge >= 0.3 is 0 Å². The number of nitrogens with zero attached hydrogens (tertiary/aromatic N) is 1. The van der Waals surface area contributed by atoms with Crippen molar-refractivity contribution in [2.45, 2.75) is 13.0 Å². The van der Waals surface area contributed by atoms with Gasteiger partial charge in [0.2, 0.25) is 0 Å². The Balaban J connectivity index is 2.25. The average Bonchev–Trinajstić information content (AvgIpc) is 2.61. The summed E-state index contributed by atoms with van der Waals surface area (Å²) in [6.07, 6.45) is -0.766. The monoisotopic (exact) mass is 346 g/mol. The maximum Gasteiger partial charge on any atom is 0.253 e. The highest BCUT2D eigenvalue weighted by atomic mass is 35.5. The molecule has 0 heterocycles. The standard InChI is InChI=1S/C18H19ClN2O3/c1-12(13-8-10-14(19)11-9-13)21-24-16-7-5-4-6-15(16)17(23-3)18(22)20-2/h4-11,17H,1-3H3,(H,20,22)/b21-12+. The molecule has 2 rings (SSSR count). The Bertz CT molecular complexity index is 729. The third-order valence-electron chi connectivity index (χ3n) is 3.46. The number of hydrogen-bond acceptors (Lipinski definition) is 4. The van der Waals surface area contributed by atoms with Gasteiger partial charge in [0.25, 0.3) is 5.91 Å². The number of carbonyl (C=O) groups is 1. The number of carbonyl (C=O) groups excluding carboxylic acids is 1. The van der Waals surface area contributed by atoms with E-state index in [1.807, 2.05) is 31.2 Å². The molecule has 0 saturated carbocycles. The Labute approximate surface area is 146 Å². The zero-order valence-electron chi connectivity index (χ0n) is 13.7. The third kappa shape index (κ3) is 4.34. The summed E-state index contributed by atoms with van der Waals surface area (Å²) in [4.78, 5) is 17.5. The molecule has 1 amide bonds. The molecule has 0 aliphatic heterocycles. The lowest BCUT2D eigenvalue weighted by atomic mass is 10.1. The van der Waals surface area contributed by atoms with E-state index in [9.17, 15) is 4.79 Å². The number of rotatable bonds is 6. The highest BCUT2D eigenvalue weighted by molar-refractivity contribution is 6.30. The molecule has 0 fully saturated rings. The molecule has 0 aliphatic carbocycles. The molecule has 0 radical (unpaired) electrons. The second kappa shape index (κ2) is 8.47. The van der Waals surface area contributed by atoms with Gasteiger partial charge < -0.3 is 14.9 Å². The van der Waals surface area contributed by atoms with E-state index in [0.717, 1.165) is 5.56 Å². The topological polar surface area (TPSA) is 59.9 Å². The Morgan fingerprint density at radius 2 is 1.83 bits per heavy atom. The molecule has 1 unspecified atom stereocenters. The minimum atomic E-state index is -0.766. The molecule has 0 spiro atoms. The number of ether oxygens (including phenoxy) is 1. The molecule has 5 nitrogen and oxygen atoms in total. The number of halogens is 1. The molecule has 126 valence electrons. The first-order chi connectivity index (χ1) is 11.6. The molecule has 2 aromatic carbocycles. The van der Waals surface area contributed by atoms with Crippen molar-refractivity contribution < 1.29 is 14.4 Å². The van der Waals surface area contributed by atoms with Crippen molar-refractivity contribution in [1.82, 2.24) is 5.32 Å². The van der Waals surface area contributed by atoms with E-state index in [-0.39, 0.29) is 5.91 Å². The molecule has 6 heteroatoms. The smallest absolute Gasteiger partial charge is 0.253 e. The summed E-state index contributed by atoms with van der Waals surface area (Å²) >= 11 is 5.88. The number of oxime groups is 1. The largest absolute Gasteiger partial charge is 0.367 e. The van der Waals surface area contributed by atoms with Crippen LogP contribution in [-0.4, -0.2) is 25.8 Å². The molecule has 0 aromatic heterocycles. The summed E-state index contributed by atoms with van der Waals surface area (Å²) in [7, 11) is 3.03. The fourth-order valence-corrected chi connectivity index (χ4v) is 2.27. The Kier molecular flexibility index (Phi) is 6.35. The van der Waals surface area contributed by atoms with Crippen LogP contribution in [0.25, 0.3) is 0 Å². The van der Waals surface area contributed by atoms with E-state index in [1.54, 1.807) is 31.3 Å². The van der Waals surface area contributed by atoms with Crippen molar-refractivity contribution >= 4 is 23.2 Å². The van der Waals surface area contributed by atoms with Crippen LogP contribution >= 0.6 is 11.6 Å². The van der Waals surface area contributed by atoms with Crippen molar-refractivity contribution in [3.8, 4) is 5.75 Å². The lowest BCUT2D eigenvalue weighted by molar-refractivity contribution is -0.131. The minimum absolute atomic E-state index is 0.257. The van der Waals surface area contributed by atoms with Gasteiger partial charge in [-0.2, -0.15) is 0 Å². The van der Waals surface area contributed by atoms with Crippen LogP contribution in [0.2, 0.25) is 5.02 Å². The average molecular weight is 347 g/mol. The van der Waals surface area contributed by atoms with Gasteiger partial charge in [-0.25, -0.2) is 0 Å². The van der Waals surface area contributed by atoms with Gasteiger partial charge in [0.05, 0.1) is 5.71 Å². The normalized spacial score (nSPS) is 12.6. The number of nitrogens with one attached hydrogen (secondary N) is 1. The van der Waals surface area contributed by atoms with Crippen molar-refractivity contribution in [2.24, 2.45) is 5.16 Å². The molecule has 1 N–H and O–H groups in total. The van der Waals surface area contributed by atoms with Crippen molar-refractivity contribution in [3.63, 3.8) is 0 Å². The number of methoxy groups -OCH3 is 1. The van der Waals surface area contributed by atoms with Crippen LogP contribution in [0.4, 0.5) is 0 Å². The SMILES string of the molecule is CNC(=O)C(OC)c1ccccc1O/N=C(\C)c1ccc(Cl)cc1. The predicted molar refractivity (Wildman–Crippen MR) is 94.5 cm³/mol. The first kappa shape index (κ1) is 18.0. The molecular weight excluding hydrogens is 328 g/mol. The quantitative estimate of drug-likeness (QED) is 0.642. The summed E-state index contributed by atoms with van der Waals surface area (Å²) in [5.74, 6) is 0.202. The lowest BCUT2D eigenvalue weighted by Crippen LogP contribution is -2.27.